The summed E-state index contributed by atoms with van der Waals surface area (Å²) in [6.45, 7) is 0. The van der Waals surface area contributed by atoms with Crippen molar-refractivity contribution in [2.75, 3.05) is 0 Å². The van der Waals surface area contributed by atoms with Gasteiger partial charge in [0.15, 0.2) is 0 Å². The summed E-state index contributed by atoms with van der Waals surface area (Å²) in [6.07, 6.45) is -0.0378. The Morgan fingerprint density at radius 3 is 2.70 bits per heavy atom. The first-order valence-electron chi connectivity index (χ1n) is 6.36. The van der Waals surface area contributed by atoms with E-state index < -0.39 is 24.0 Å². The van der Waals surface area contributed by atoms with Crippen LogP contribution in [0.3, 0.4) is 0 Å². The number of pyridine rings is 1. The van der Waals surface area contributed by atoms with Gasteiger partial charge in [-0.25, -0.2) is 0 Å². The number of rotatable bonds is 2. The predicted molar refractivity (Wildman–Crippen MR) is 68.5 cm³/mol. The van der Waals surface area contributed by atoms with E-state index >= 15 is 0 Å². The summed E-state index contributed by atoms with van der Waals surface area (Å²) < 4.78 is 38.8. The van der Waals surface area contributed by atoms with Gasteiger partial charge in [0.25, 0.3) is 5.91 Å². The van der Waals surface area contributed by atoms with E-state index in [2.05, 4.69) is 10.3 Å². The third-order valence-corrected chi connectivity index (χ3v) is 3.84. The van der Waals surface area contributed by atoms with Crippen molar-refractivity contribution in [1.29, 1.82) is 0 Å². The second-order valence-corrected chi connectivity index (χ2v) is 5.28. The fraction of sp³-hybridized carbons (Fsp3) is 0.538. The number of halogens is 4. The first-order chi connectivity index (χ1) is 9.39. The average Bonchev–Trinajstić information content (AvgIpc) is 2.38. The van der Waals surface area contributed by atoms with Gasteiger partial charge in [0.05, 0.1) is 16.5 Å². The molecule has 1 aromatic rings. The minimum absolute atomic E-state index is 0.0508. The van der Waals surface area contributed by atoms with Crippen LogP contribution < -0.4 is 5.32 Å². The van der Waals surface area contributed by atoms with Crippen LogP contribution in [0.4, 0.5) is 13.2 Å². The van der Waals surface area contributed by atoms with Crippen LogP contribution in [-0.4, -0.2) is 23.1 Å². The van der Waals surface area contributed by atoms with Gasteiger partial charge in [0.1, 0.15) is 0 Å². The monoisotopic (exact) mass is 306 g/mol. The number of aromatic nitrogens is 1. The van der Waals surface area contributed by atoms with E-state index in [1.807, 2.05) is 0 Å². The molecule has 2 unspecified atom stereocenters. The molecule has 1 aliphatic rings. The van der Waals surface area contributed by atoms with Crippen molar-refractivity contribution in [2.45, 2.75) is 37.9 Å². The maximum absolute atomic E-state index is 12.9. The van der Waals surface area contributed by atoms with E-state index in [-0.39, 0.29) is 17.0 Å². The highest BCUT2D eigenvalue weighted by atomic mass is 35.5. The molecule has 0 aliphatic heterocycles. The molecule has 7 heteroatoms. The summed E-state index contributed by atoms with van der Waals surface area (Å²) in [6, 6.07) is 0.533. The number of nitrogens with one attached hydrogen (secondary N) is 1. The van der Waals surface area contributed by atoms with Gasteiger partial charge in [0, 0.05) is 18.4 Å². The second-order valence-electron chi connectivity index (χ2n) is 4.87. The lowest BCUT2D eigenvalue weighted by Crippen LogP contribution is -2.47. The van der Waals surface area contributed by atoms with E-state index in [1.54, 1.807) is 0 Å². The minimum atomic E-state index is -4.29. The van der Waals surface area contributed by atoms with Gasteiger partial charge >= 0.3 is 6.18 Å². The number of hydrogen-bond donors (Lipinski definition) is 1. The Morgan fingerprint density at radius 2 is 2.05 bits per heavy atom. The van der Waals surface area contributed by atoms with Gasteiger partial charge in [-0.05, 0) is 18.9 Å². The third kappa shape index (κ3) is 3.42. The maximum atomic E-state index is 12.9. The van der Waals surface area contributed by atoms with Gasteiger partial charge in [0.2, 0.25) is 0 Å². The molecule has 20 heavy (non-hydrogen) atoms. The van der Waals surface area contributed by atoms with Crippen molar-refractivity contribution in [1.82, 2.24) is 10.3 Å². The smallest absolute Gasteiger partial charge is 0.349 e. The lowest BCUT2D eigenvalue weighted by Gasteiger charge is -2.33. The first kappa shape index (κ1) is 15.1. The lowest BCUT2D eigenvalue weighted by atomic mass is 9.84. The molecule has 110 valence electrons. The first-order valence-corrected chi connectivity index (χ1v) is 6.74. The largest absolute Gasteiger partial charge is 0.393 e. The quantitative estimate of drug-likeness (QED) is 0.907. The van der Waals surface area contributed by atoms with Crippen LogP contribution in [0.5, 0.6) is 0 Å². The van der Waals surface area contributed by atoms with Crippen LogP contribution in [0.1, 0.15) is 36.0 Å². The summed E-state index contributed by atoms with van der Waals surface area (Å²) in [5.41, 5.74) is 0.0978. The number of hydrogen-bond acceptors (Lipinski definition) is 2. The van der Waals surface area contributed by atoms with Crippen LogP contribution >= 0.6 is 11.6 Å². The molecule has 2 rings (SSSR count). The summed E-state index contributed by atoms with van der Waals surface area (Å²) in [5.74, 6) is -2.10. The zero-order valence-corrected chi connectivity index (χ0v) is 11.3. The zero-order chi connectivity index (χ0) is 14.8. The van der Waals surface area contributed by atoms with Crippen LogP contribution in [0, 0.1) is 5.92 Å². The molecule has 1 aliphatic carbocycles. The normalized spacial score (nSPS) is 23.4. The summed E-state index contributed by atoms with van der Waals surface area (Å²) >= 11 is 5.84. The molecule has 1 heterocycles. The Bertz CT molecular complexity index is 493. The summed E-state index contributed by atoms with van der Waals surface area (Å²) in [4.78, 5) is 15.8. The average molecular weight is 307 g/mol. The van der Waals surface area contributed by atoms with Crippen LogP contribution in [0.25, 0.3) is 0 Å². The highest BCUT2D eigenvalue weighted by Gasteiger charge is 2.46. The molecule has 3 nitrogen and oxygen atoms in total. The number of amides is 1. The number of carbonyl (C=O) groups excluding carboxylic acids is 1. The van der Waals surface area contributed by atoms with Gasteiger partial charge in [-0.1, -0.05) is 24.4 Å². The van der Waals surface area contributed by atoms with Gasteiger partial charge < -0.3 is 5.32 Å². The van der Waals surface area contributed by atoms with E-state index in [0.29, 0.717) is 19.3 Å². The molecular formula is C13H14ClF3N2O. The highest BCUT2D eigenvalue weighted by molar-refractivity contribution is 6.33. The summed E-state index contributed by atoms with van der Waals surface area (Å²) in [7, 11) is 0. The van der Waals surface area contributed by atoms with Crippen molar-refractivity contribution >= 4 is 17.5 Å². The zero-order valence-electron chi connectivity index (χ0n) is 10.6. The van der Waals surface area contributed by atoms with Crippen LogP contribution in [-0.2, 0) is 0 Å². The number of carbonyl (C=O) groups is 1. The molecule has 0 aromatic carbocycles. The molecule has 1 amide bonds. The molecule has 1 aromatic heterocycles. The minimum Gasteiger partial charge on any atom is -0.349 e. The van der Waals surface area contributed by atoms with E-state index in [9.17, 15) is 18.0 Å². The van der Waals surface area contributed by atoms with E-state index in [4.69, 9.17) is 11.6 Å². The molecule has 1 N–H and O–H groups in total. The maximum Gasteiger partial charge on any atom is 0.393 e. The fourth-order valence-electron chi connectivity index (χ4n) is 2.49. The Labute approximate surface area is 119 Å². The fourth-order valence-corrected chi connectivity index (χ4v) is 2.68. The Morgan fingerprint density at radius 1 is 1.35 bits per heavy atom. The molecule has 0 radical (unpaired) electrons. The molecule has 1 fully saturated rings. The van der Waals surface area contributed by atoms with E-state index in [0.717, 1.165) is 0 Å². The molecule has 0 spiro atoms. The molecule has 2 atom stereocenters. The number of nitrogens with zero attached hydrogens (tertiary/aromatic N) is 1. The second kappa shape index (κ2) is 5.99. The summed E-state index contributed by atoms with van der Waals surface area (Å²) in [5, 5.41) is 2.63. The number of alkyl halides is 3. The molecular weight excluding hydrogens is 293 g/mol. The lowest BCUT2D eigenvalue weighted by molar-refractivity contribution is -0.187. The van der Waals surface area contributed by atoms with Crippen molar-refractivity contribution in [2.24, 2.45) is 5.92 Å². The Hall–Kier alpha value is -1.30. The van der Waals surface area contributed by atoms with Crippen molar-refractivity contribution < 1.29 is 18.0 Å². The van der Waals surface area contributed by atoms with Crippen molar-refractivity contribution in [3.63, 3.8) is 0 Å². The Balaban J connectivity index is 2.11. The predicted octanol–water partition coefficient (Wildman–Crippen LogP) is 3.59. The Kier molecular flexibility index (Phi) is 4.52. The van der Waals surface area contributed by atoms with E-state index in [1.165, 1.54) is 18.5 Å². The van der Waals surface area contributed by atoms with Gasteiger partial charge in [-0.2, -0.15) is 13.2 Å². The van der Waals surface area contributed by atoms with Gasteiger partial charge in [-0.15, -0.1) is 0 Å². The molecule has 0 bridgehead atoms. The third-order valence-electron chi connectivity index (χ3n) is 3.52. The van der Waals surface area contributed by atoms with Crippen molar-refractivity contribution in [3.8, 4) is 0 Å². The van der Waals surface area contributed by atoms with Crippen LogP contribution in [0.2, 0.25) is 5.02 Å². The topological polar surface area (TPSA) is 42.0 Å². The molecule has 0 saturated heterocycles. The van der Waals surface area contributed by atoms with Crippen LogP contribution in [0.15, 0.2) is 18.5 Å². The van der Waals surface area contributed by atoms with Gasteiger partial charge in [-0.3, -0.25) is 9.78 Å². The standard InChI is InChI=1S/C13H14ClF3N2O/c14-10-5-6-18-7-8(10)12(20)19-11-4-2-1-3-9(11)13(15,16)17/h5-7,9,11H,1-4H2,(H,19,20). The molecule has 1 saturated carbocycles. The van der Waals surface area contributed by atoms with Crippen molar-refractivity contribution in [3.05, 3.63) is 29.0 Å². The SMILES string of the molecule is O=C(NC1CCCCC1C(F)(F)F)c1cnccc1Cl. The highest BCUT2D eigenvalue weighted by Crippen LogP contribution is 2.37.